The van der Waals surface area contributed by atoms with Crippen LogP contribution in [0.2, 0.25) is 0 Å². The van der Waals surface area contributed by atoms with E-state index in [1.807, 2.05) is 0 Å². The Hall–Kier alpha value is 0.984. The molecule has 0 aromatic rings. The van der Waals surface area contributed by atoms with Crippen LogP contribution in [0.25, 0.3) is 0 Å². The van der Waals surface area contributed by atoms with Gasteiger partial charge in [-0.3, -0.25) is 0 Å². The predicted molar refractivity (Wildman–Crippen MR) is 48.0 cm³/mol. The quantitative estimate of drug-likeness (QED) is 0.302. The van der Waals surface area contributed by atoms with E-state index in [1.54, 1.807) is 0 Å². The van der Waals surface area contributed by atoms with E-state index in [0.29, 0.717) is 0 Å². The van der Waals surface area contributed by atoms with Crippen molar-refractivity contribution in [3.8, 4) is 0 Å². The second-order valence-corrected chi connectivity index (χ2v) is 2.89. The standard InChI is InChI=1S/C11H11.3BrH.Ti/c1-2-6-10(5-1)9-11-7-3-4-8-11;;;;/h1-5,7,9H,6,8H2;3*1H;/q-1;;;;+4/p-3. The molecule has 0 nitrogen and oxygen atoms in total. The summed E-state index contributed by atoms with van der Waals surface area (Å²) in [6.07, 6.45) is 17.5. The number of hydrogen-bond donors (Lipinski definition) is 0. The van der Waals surface area contributed by atoms with E-state index >= 15 is 0 Å². The van der Waals surface area contributed by atoms with Crippen LogP contribution in [0.4, 0.5) is 0 Å². The summed E-state index contributed by atoms with van der Waals surface area (Å²) in [6, 6.07) is 0. The zero-order valence-electron chi connectivity index (χ0n) is 8.09. The van der Waals surface area contributed by atoms with Gasteiger partial charge in [-0.15, -0.1) is 12.2 Å². The van der Waals surface area contributed by atoms with E-state index in [-0.39, 0.29) is 72.7 Å². The minimum atomic E-state index is 0. The molecule has 0 heterocycles. The third kappa shape index (κ3) is 7.01. The van der Waals surface area contributed by atoms with Gasteiger partial charge in [0.2, 0.25) is 0 Å². The van der Waals surface area contributed by atoms with Gasteiger partial charge < -0.3 is 50.9 Å². The molecule has 0 saturated heterocycles. The van der Waals surface area contributed by atoms with Crippen LogP contribution >= 0.6 is 0 Å². The average Bonchev–Trinajstić information content (AvgIpc) is 2.60. The first-order valence-electron chi connectivity index (χ1n) is 4.01. The van der Waals surface area contributed by atoms with Gasteiger partial charge in [0, 0.05) is 0 Å². The van der Waals surface area contributed by atoms with Gasteiger partial charge in [0.05, 0.1) is 0 Å². The van der Waals surface area contributed by atoms with Gasteiger partial charge in [0.15, 0.2) is 0 Å². The maximum absolute atomic E-state index is 2.28. The van der Waals surface area contributed by atoms with Gasteiger partial charge in [-0.05, 0) is 12.8 Å². The molecule has 0 saturated carbocycles. The average molecular weight is 431 g/mol. The Kier molecular flexibility index (Phi) is 16.3. The molecule has 0 aliphatic heterocycles. The third-order valence-electron chi connectivity index (χ3n) is 1.97. The summed E-state index contributed by atoms with van der Waals surface area (Å²) in [4.78, 5) is 0. The topological polar surface area (TPSA) is 0 Å². The summed E-state index contributed by atoms with van der Waals surface area (Å²) in [7, 11) is 0. The first-order chi connectivity index (χ1) is 5.45. The van der Waals surface area contributed by atoms with Crippen molar-refractivity contribution in [3.05, 3.63) is 54.0 Å². The molecule has 2 aliphatic rings. The molecule has 0 bridgehead atoms. The zero-order valence-corrected chi connectivity index (χ0v) is 14.4. The second kappa shape index (κ2) is 11.5. The Morgan fingerprint density at radius 1 is 0.800 bits per heavy atom. The first kappa shape index (κ1) is 21.3. The molecule has 0 N–H and O–H groups in total. The maximum Gasteiger partial charge on any atom is 4.00 e. The van der Waals surface area contributed by atoms with Crippen LogP contribution < -0.4 is 50.9 Å². The normalized spacial score (nSPS) is 14.9. The van der Waals surface area contributed by atoms with E-state index in [0.717, 1.165) is 12.8 Å². The molecular weight excluding hydrogens is 420 g/mol. The molecule has 4 heteroatoms. The van der Waals surface area contributed by atoms with Gasteiger partial charge in [0.25, 0.3) is 0 Å². The SMILES string of the molecule is C1=CCC([CH-]C2=CC=CC2)=C1.[Br-].[Br-].[Br-].[Ti+4]. The van der Waals surface area contributed by atoms with Crippen molar-refractivity contribution >= 4 is 0 Å². The van der Waals surface area contributed by atoms with Crippen LogP contribution in [0.5, 0.6) is 0 Å². The monoisotopic (exact) mass is 428 g/mol. The van der Waals surface area contributed by atoms with Gasteiger partial charge in [0.1, 0.15) is 0 Å². The summed E-state index contributed by atoms with van der Waals surface area (Å²) in [5.41, 5.74) is 2.86. The van der Waals surface area contributed by atoms with Crippen molar-refractivity contribution in [1.29, 1.82) is 0 Å². The Morgan fingerprint density at radius 3 is 1.47 bits per heavy atom. The fourth-order valence-corrected chi connectivity index (χ4v) is 1.38. The fraction of sp³-hybridized carbons (Fsp3) is 0.182. The molecule has 0 spiro atoms. The van der Waals surface area contributed by atoms with Gasteiger partial charge in [-0.2, -0.15) is 29.7 Å². The molecule has 0 unspecified atom stereocenters. The smallest absolute Gasteiger partial charge is 1.00 e. The van der Waals surface area contributed by atoms with E-state index in [1.165, 1.54) is 11.1 Å². The fourth-order valence-electron chi connectivity index (χ4n) is 1.38. The summed E-state index contributed by atoms with van der Waals surface area (Å²) in [5.74, 6) is 0. The zero-order chi connectivity index (χ0) is 7.52. The molecule has 0 radical (unpaired) electrons. The molecule has 2 rings (SSSR count). The number of halogens is 3. The predicted octanol–water partition coefficient (Wildman–Crippen LogP) is -6.03. The summed E-state index contributed by atoms with van der Waals surface area (Å²) >= 11 is 0. The van der Waals surface area contributed by atoms with E-state index in [4.69, 9.17) is 0 Å². The number of hydrogen-bond acceptors (Lipinski definition) is 0. The summed E-state index contributed by atoms with van der Waals surface area (Å²) in [5, 5.41) is 0. The van der Waals surface area contributed by atoms with Crippen LogP contribution in [-0.2, 0) is 21.7 Å². The maximum atomic E-state index is 2.28. The van der Waals surface area contributed by atoms with E-state index in [2.05, 4.69) is 42.9 Å². The minimum Gasteiger partial charge on any atom is -1.00 e. The molecule has 80 valence electrons. The van der Waals surface area contributed by atoms with Gasteiger partial charge in [-0.1, -0.05) is 12.2 Å². The van der Waals surface area contributed by atoms with Crippen molar-refractivity contribution in [2.45, 2.75) is 12.8 Å². The molecule has 2 aliphatic carbocycles. The Balaban J connectivity index is -0.000000360. The van der Waals surface area contributed by atoms with Crippen LogP contribution in [0.1, 0.15) is 12.8 Å². The number of allylic oxidation sites excluding steroid dienone is 8. The first-order valence-corrected chi connectivity index (χ1v) is 4.01. The van der Waals surface area contributed by atoms with E-state index < -0.39 is 0 Å². The van der Waals surface area contributed by atoms with Gasteiger partial charge >= 0.3 is 21.7 Å². The van der Waals surface area contributed by atoms with Crippen LogP contribution in [0.3, 0.4) is 0 Å². The second-order valence-electron chi connectivity index (χ2n) is 2.89. The molecule has 0 amide bonds. The molecule has 0 aromatic heterocycles. The van der Waals surface area contributed by atoms with Gasteiger partial charge in [-0.25, -0.2) is 0 Å². The Morgan fingerprint density at radius 2 is 1.20 bits per heavy atom. The molecule has 0 fully saturated rings. The van der Waals surface area contributed by atoms with Crippen LogP contribution in [0, 0.1) is 6.42 Å². The molecule has 0 atom stereocenters. The molecule has 15 heavy (non-hydrogen) atoms. The van der Waals surface area contributed by atoms with E-state index in [9.17, 15) is 0 Å². The third-order valence-corrected chi connectivity index (χ3v) is 1.97. The largest absolute Gasteiger partial charge is 4.00 e. The molecular formula is C11H11Br3Ti. The summed E-state index contributed by atoms with van der Waals surface area (Å²) < 4.78 is 0. The molecule has 0 aromatic carbocycles. The van der Waals surface area contributed by atoms with Crippen molar-refractivity contribution < 1.29 is 72.7 Å². The number of rotatable bonds is 2. The Labute approximate surface area is 138 Å². The van der Waals surface area contributed by atoms with Crippen molar-refractivity contribution in [3.63, 3.8) is 0 Å². The Bertz CT molecular complexity index is 250. The van der Waals surface area contributed by atoms with Crippen molar-refractivity contribution in [2.24, 2.45) is 0 Å². The van der Waals surface area contributed by atoms with Crippen LogP contribution in [-0.4, -0.2) is 0 Å². The summed E-state index contributed by atoms with van der Waals surface area (Å²) in [6.45, 7) is 0. The van der Waals surface area contributed by atoms with Crippen LogP contribution in [0.15, 0.2) is 47.6 Å². The van der Waals surface area contributed by atoms with Crippen molar-refractivity contribution in [2.75, 3.05) is 0 Å². The van der Waals surface area contributed by atoms with Crippen molar-refractivity contribution in [1.82, 2.24) is 0 Å². The minimum absolute atomic E-state index is 0.